The van der Waals surface area contributed by atoms with Gasteiger partial charge in [0, 0.05) is 25.4 Å². The lowest BCUT2D eigenvalue weighted by molar-refractivity contribution is 0.767. The van der Waals surface area contributed by atoms with Crippen molar-refractivity contribution in [1.82, 2.24) is 30.0 Å². The molecule has 7 nitrogen and oxygen atoms in total. The summed E-state index contributed by atoms with van der Waals surface area (Å²) in [4.78, 5) is 0. The van der Waals surface area contributed by atoms with Crippen LogP contribution in [0.3, 0.4) is 0 Å². The molecule has 2 heterocycles. The van der Waals surface area contributed by atoms with Crippen LogP contribution in [-0.2, 0) is 13.6 Å². The number of tetrazole rings is 1. The fraction of sp³-hybridized carbons (Fsp3) is 0.167. The number of nitrogens with one attached hydrogen (secondary N) is 1. The van der Waals surface area contributed by atoms with Crippen molar-refractivity contribution in [3.05, 3.63) is 48.5 Å². The molecular weight excluding hydrogens is 242 g/mol. The lowest BCUT2D eigenvalue weighted by atomic mass is 10.2. The number of hydrogen-bond acceptors (Lipinski definition) is 5. The van der Waals surface area contributed by atoms with Crippen LogP contribution in [0.15, 0.2) is 43.0 Å². The zero-order chi connectivity index (χ0) is 13.1. The van der Waals surface area contributed by atoms with Crippen molar-refractivity contribution in [3.8, 4) is 5.69 Å². The van der Waals surface area contributed by atoms with Crippen LogP contribution in [0, 0.1) is 0 Å². The predicted molar refractivity (Wildman–Crippen MR) is 69.7 cm³/mol. The van der Waals surface area contributed by atoms with Crippen molar-refractivity contribution in [2.24, 2.45) is 7.05 Å². The SMILES string of the molecule is Cn1cc(CNc2ccccc2-n2cnnn2)cn1. The number of hydrogen-bond donors (Lipinski definition) is 1. The van der Waals surface area contributed by atoms with Gasteiger partial charge in [-0.2, -0.15) is 9.78 Å². The molecule has 3 rings (SSSR count). The first kappa shape index (κ1) is 11.4. The van der Waals surface area contributed by atoms with Gasteiger partial charge in [0.1, 0.15) is 6.33 Å². The molecule has 0 aliphatic carbocycles. The van der Waals surface area contributed by atoms with E-state index in [0.717, 1.165) is 16.9 Å². The number of para-hydroxylation sites is 2. The number of aryl methyl sites for hydroxylation is 1. The van der Waals surface area contributed by atoms with Gasteiger partial charge < -0.3 is 5.32 Å². The van der Waals surface area contributed by atoms with E-state index in [1.54, 1.807) is 15.7 Å². The summed E-state index contributed by atoms with van der Waals surface area (Å²) in [5, 5.41) is 18.7. The standard InChI is InChI=1S/C12H13N7/c1-18-8-10(7-15-18)6-13-11-4-2-3-5-12(11)19-9-14-16-17-19/h2-5,7-9,13H,6H2,1H3. The highest BCUT2D eigenvalue weighted by Crippen LogP contribution is 2.19. The van der Waals surface area contributed by atoms with Crippen LogP contribution in [0.2, 0.25) is 0 Å². The molecule has 7 heteroatoms. The summed E-state index contributed by atoms with van der Waals surface area (Å²) in [5.74, 6) is 0. The summed E-state index contributed by atoms with van der Waals surface area (Å²) in [6.45, 7) is 0.701. The summed E-state index contributed by atoms with van der Waals surface area (Å²) in [6, 6.07) is 7.88. The summed E-state index contributed by atoms with van der Waals surface area (Å²) in [6.07, 6.45) is 5.39. The number of aromatic nitrogens is 6. The number of benzene rings is 1. The van der Waals surface area contributed by atoms with Crippen LogP contribution in [-0.4, -0.2) is 30.0 Å². The average molecular weight is 255 g/mol. The predicted octanol–water partition coefficient (Wildman–Crippen LogP) is 1.01. The Labute approximate surface area is 109 Å². The second-order valence-corrected chi connectivity index (χ2v) is 4.15. The molecule has 1 N–H and O–H groups in total. The molecular formula is C12H13N7. The van der Waals surface area contributed by atoms with Crippen molar-refractivity contribution in [1.29, 1.82) is 0 Å². The Kier molecular flexibility index (Phi) is 2.93. The average Bonchev–Trinajstić information content (AvgIpc) is 3.08. The van der Waals surface area contributed by atoms with E-state index in [-0.39, 0.29) is 0 Å². The Morgan fingerprint density at radius 1 is 1.26 bits per heavy atom. The highest BCUT2D eigenvalue weighted by atomic mass is 15.5. The Balaban J connectivity index is 1.81. The Morgan fingerprint density at radius 3 is 2.89 bits per heavy atom. The van der Waals surface area contributed by atoms with Gasteiger partial charge in [0.2, 0.25) is 0 Å². The molecule has 0 amide bonds. The summed E-state index contributed by atoms with van der Waals surface area (Å²) in [5.41, 5.74) is 3.00. The quantitative estimate of drug-likeness (QED) is 0.753. The van der Waals surface area contributed by atoms with E-state index in [4.69, 9.17) is 0 Å². The highest BCUT2D eigenvalue weighted by molar-refractivity contribution is 5.60. The van der Waals surface area contributed by atoms with Crippen LogP contribution in [0.25, 0.3) is 5.69 Å². The maximum Gasteiger partial charge on any atom is 0.143 e. The maximum atomic E-state index is 4.14. The molecule has 0 aliphatic heterocycles. The largest absolute Gasteiger partial charge is 0.379 e. The molecule has 0 saturated carbocycles. The Bertz CT molecular complexity index is 656. The molecule has 0 atom stereocenters. The highest BCUT2D eigenvalue weighted by Gasteiger charge is 2.05. The van der Waals surface area contributed by atoms with Crippen LogP contribution in [0.1, 0.15) is 5.56 Å². The van der Waals surface area contributed by atoms with E-state index in [2.05, 4.69) is 25.9 Å². The third kappa shape index (κ3) is 2.44. The molecule has 3 aromatic rings. The van der Waals surface area contributed by atoms with Gasteiger partial charge >= 0.3 is 0 Å². The lowest BCUT2D eigenvalue weighted by Gasteiger charge is -2.10. The molecule has 0 unspecified atom stereocenters. The topological polar surface area (TPSA) is 73.5 Å². The third-order valence-corrected chi connectivity index (χ3v) is 2.74. The van der Waals surface area contributed by atoms with Gasteiger partial charge in [-0.1, -0.05) is 12.1 Å². The fourth-order valence-electron chi connectivity index (χ4n) is 1.86. The van der Waals surface area contributed by atoms with Crippen molar-refractivity contribution in [2.45, 2.75) is 6.54 Å². The normalized spacial score (nSPS) is 10.6. The van der Waals surface area contributed by atoms with E-state index in [0.29, 0.717) is 6.54 Å². The van der Waals surface area contributed by atoms with E-state index >= 15 is 0 Å². The molecule has 0 aliphatic rings. The first-order valence-electron chi connectivity index (χ1n) is 5.87. The molecule has 0 saturated heterocycles. The van der Waals surface area contributed by atoms with Crippen LogP contribution in [0.5, 0.6) is 0 Å². The van der Waals surface area contributed by atoms with Gasteiger partial charge in [-0.05, 0) is 22.6 Å². The van der Waals surface area contributed by atoms with Gasteiger partial charge in [-0.3, -0.25) is 4.68 Å². The molecule has 0 radical (unpaired) electrons. The van der Waals surface area contributed by atoms with Gasteiger partial charge in [0.15, 0.2) is 0 Å². The van der Waals surface area contributed by atoms with E-state index in [9.17, 15) is 0 Å². The van der Waals surface area contributed by atoms with Crippen LogP contribution in [0.4, 0.5) is 5.69 Å². The zero-order valence-corrected chi connectivity index (χ0v) is 10.4. The maximum absolute atomic E-state index is 4.14. The first-order chi connectivity index (χ1) is 9.33. The van der Waals surface area contributed by atoms with E-state index in [1.807, 2.05) is 43.7 Å². The smallest absolute Gasteiger partial charge is 0.143 e. The molecule has 2 aromatic heterocycles. The zero-order valence-electron chi connectivity index (χ0n) is 10.4. The Morgan fingerprint density at radius 2 is 2.16 bits per heavy atom. The number of anilines is 1. The third-order valence-electron chi connectivity index (χ3n) is 2.74. The molecule has 19 heavy (non-hydrogen) atoms. The van der Waals surface area contributed by atoms with Crippen molar-refractivity contribution >= 4 is 5.69 Å². The van der Waals surface area contributed by atoms with Gasteiger partial charge in [-0.25, -0.2) is 0 Å². The minimum absolute atomic E-state index is 0.701. The van der Waals surface area contributed by atoms with Crippen molar-refractivity contribution in [3.63, 3.8) is 0 Å². The number of rotatable bonds is 4. The summed E-state index contributed by atoms with van der Waals surface area (Å²) >= 11 is 0. The number of nitrogens with zero attached hydrogens (tertiary/aromatic N) is 6. The van der Waals surface area contributed by atoms with Gasteiger partial charge in [0.05, 0.1) is 17.6 Å². The molecule has 0 spiro atoms. The summed E-state index contributed by atoms with van der Waals surface area (Å²) < 4.78 is 3.41. The molecule has 0 fully saturated rings. The first-order valence-corrected chi connectivity index (χ1v) is 5.87. The van der Waals surface area contributed by atoms with E-state index in [1.165, 1.54) is 0 Å². The molecule has 0 bridgehead atoms. The van der Waals surface area contributed by atoms with Gasteiger partial charge in [0.25, 0.3) is 0 Å². The Hall–Kier alpha value is -2.70. The lowest BCUT2D eigenvalue weighted by Crippen LogP contribution is -2.04. The second-order valence-electron chi connectivity index (χ2n) is 4.15. The minimum Gasteiger partial charge on any atom is -0.379 e. The summed E-state index contributed by atoms with van der Waals surface area (Å²) in [7, 11) is 1.90. The van der Waals surface area contributed by atoms with E-state index < -0.39 is 0 Å². The fourth-order valence-corrected chi connectivity index (χ4v) is 1.86. The molecule has 96 valence electrons. The second kappa shape index (κ2) is 4.89. The van der Waals surface area contributed by atoms with Gasteiger partial charge in [-0.15, -0.1) is 5.10 Å². The van der Waals surface area contributed by atoms with Crippen molar-refractivity contribution in [2.75, 3.05) is 5.32 Å². The molecule has 1 aromatic carbocycles. The monoisotopic (exact) mass is 255 g/mol. The minimum atomic E-state index is 0.701. The van der Waals surface area contributed by atoms with Crippen LogP contribution >= 0.6 is 0 Å². The van der Waals surface area contributed by atoms with Crippen molar-refractivity contribution < 1.29 is 0 Å². The van der Waals surface area contributed by atoms with Crippen LogP contribution < -0.4 is 5.32 Å².